The van der Waals surface area contributed by atoms with E-state index in [2.05, 4.69) is 20.1 Å². The van der Waals surface area contributed by atoms with E-state index in [1.54, 1.807) is 6.26 Å². The van der Waals surface area contributed by atoms with E-state index >= 15 is 0 Å². The highest BCUT2D eigenvalue weighted by molar-refractivity contribution is 7.99. The van der Waals surface area contributed by atoms with E-state index in [0.29, 0.717) is 5.92 Å². The lowest BCUT2D eigenvalue weighted by molar-refractivity contribution is -0.119. The number of aromatic nitrogens is 3. The van der Waals surface area contributed by atoms with Gasteiger partial charge in [0.25, 0.3) is 0 Å². The molecule has 0 saturated heterocycles. The normalized spacial score (nSPS) is 15.0. The first-order valence-corrected chi connectivity index (χ1v) is 9.67. The van der Waals surface area contributed by atoms with Crippen LogP contribution in [-0.2, 0) is 4.79 Å². The second-order valence-corrected chi connectivity index (χ2v) is 7.32. The SMILES string of the molecule is C[C@@H](NC(=O)CSc1nnc(C2CC2)n1-c1ccccc1)c1ccco1. The van der Waals surface area contributed by atoms with Gasteiger partial charge in [-0.2, -0.15) is 0 Å². The zero-order valence-electron chi connectivity index (χ0n) is 14.5. The molecule has 1 aromatic carbocycles. The van der Waals surface area contributed by atoms with Crippen LogP contribution in [0.5, 0.6) is 0 Å². The van der Waals surface area contributed by atoms with Crippen LogP contribution >= 0.6 is 11.8 Å². The van der Waals surface area contributed by atoms with Gasteiger partial charge in [-0.25, -0.2) is 0 Å². The van der Waals surface area contributed by atoms with E-state index in [-0.39, 0.29) is 17.7 Å². The molecule has 4 rings (SSSR count). The molecule has 2 heterocycles. The summed E-state index contributed by atoms with van der Waals surface area (Å²) >= 11 is 1.40. The zero-order chi connectivity index (χ0) is 17.9. The summed E-state index contributed by atoms with van der Waals surface area (Å²) in [5.74, 6) is 2.43. The predicted molar refractivity (Wildman–Crippen MR) is 99.3 cm³/mol. The lowest BCUT2D eigenvalue weighted by Crippen LogP contribution is -2.28. The van der Waals surface area contributed by atoms with E-state index < -0.39 is 0 Å². The lowest BCUT2D eigenvalue weighted by atomic mass is 10.2. The highest BCUT2D eigenvalue weighted by Gasteiger charge is 2.31. The van der Waals surface area contributed by atoms with Gasteiger partial charge in [-0.1, -0.05) is 30.0 Å². The highest BCUT2D eigenvalue weighted by Crippen LogP contribution is 2.41. The summed E-state index contributed by atoms with van der Waals surface area (Å²) in [4.78, 5) is 12.3. The van der Waals surface area contributed by atoms with Gasteiger partial charge >= 0.3 is 0 Å². The van der Waals surface area contributed by atoms with E-state index in [9.17, 15) is 4.79 Å². The van der Waals surface area contributed by atoms with Crippen LogP contribution in [0.25, 0.3) is 5.69 Å². The Labute approximate surface area is 156 Å². The maximum atomic E-state index is 12.3. The number of carbonyl (C=O) groups excluding carboxylic acids is 1. The molecule has 1 amide bonds. The Morgan fingerprint density at radius 3 is 2.77 bits per heavy atom. The Morgan fingerprint density at radius 1 is 1.27 bits per heavy atom. The first kappa shape index (κ1) is 16.9. The maximum absolute atomic E-state index is 12.3. The van der Waals surface area contributed by atoms with Crippen molar-refractivity contribution in [3.8, 4) is 5.69 Å². The molecule has 0 spiro atoms. The largest absolute Gasteiger partial charge is 0.467 e. The van der Waals surface area contributed by atoms with Gasteiger partial charge in [0.2, 0.25) is 5.91 Å². The molecule has 7 heteroatoms. The first-order valence-electron chi connectivity index (χ1n) is 8.68. The Morgan fingerprint density at radius 2 is 2.08 bits per heavy atom. The molecule has 1 aliphatic carbocycles. The third-order valence-electron chi connectivity index (χ3n) is 4.30. The van der Waals surface area contributed by atoms with Crippen molar-refractivity contribution in [3.63, 3.8) is 0 Å². The van der Waals surface area contributed by atoms with Gasteiger partial charge in [0.05, 0.1) is 18.1 Å². The van der Waals surface area contributed by atoms with Gasteiger partial charge in [0, 0.05) is 11.6 Å². The number of hydrogen-bond donors (Lipinski definition) is 1. The molecule has 0 unspecified atom stereocenters. The van der Waals surface area contributed by atoms with E-state index in [1.165, 1.54) is 11.8 Å². The fraction of sp³-hybridized carbons (Fsp3) is 0.316. The molecule has 3 aromatic rings. The van der Waals surface area contributed by atoms with Crippen LogP contribution in [0.2, 0.25) is 0 Å². The smallest absolute Gasteiger partial charge is 0.231 e. The van der Waals surface area contributed by atoms with Crippen molar-refractivity contribution in [2.24, 2.45) is 0 Å². The third-order valence-corrected chi connectivity index (χ3v) is 5.22. The van der Waals surface area contributed by atoms with Crippen LogP contribution in [0.3, 0.4) is 0 Å². The summed E-state index contributed by atoms with van der Waals surface area (Å²) in [7, 11) is 0. The molecule has 1 N–H and O–H groups in total. The van der Waals surface area contributed by atoms with E-state index in [1.807, 2.05) is 49.4 Å². The summed E-state index contributed by atoms with van der Waals surface area (Å²) < 4.78 is 7.40. The molecule has 26 heavy (non-hydrogen) atoms. The number of carbonyl (C=O) groups is 1. The minimum Gasteiger partial charge on any atom is -0.467 e. The average molecular weight is 368 g/mol. The second-order valence-electron chi connectivity index (χ2n) is 6.38. The molecule has 0 bridgehead atoms. The van der Waals surface area contributed by atoms with Gasteiger partial charge in [-0.15, -0.1) is 10.2 Å². The topological polar surface area (TPSA) is 73.0 Å². The van der Waals surface area contributed by atoms with Crippen LogP contribution in [-0.4, -0.2) is 26.4 Å². The number of rotatable bonds is 7. The molecular weight excluding hydrogens is 348 g/mol. The summed E-state index contributed by atoms with van der Waals surface area (Å²) in [6, 6.07) is 13.6. The Hall–Kier alpha value is -2.54. The number of hydrogen-bond acceptors (Lipinski definition) is 5. The van der Waals surface area contributed by atoms with Crippen molar-refractivity contribution in [1.29, 1.82) is 0 Å². The Kier molecular flexibility index (Phi) is 4.79. The monoisotopic (exact) mass is 368 g/mol. The van der Waals surface area contributed by atoms with Crippen molar-refractivity contribution in [1.82, 2.24) is 20.1 Å². The number of benzene rings is 1. The van der Waals surface area contributed by atoms with Crippen molar-refractivity contribution in [3.05, 3.63) is 60.3 Å². The van der Waals surface area contributed by atoms with Gasteiger partial charge in [-0.3, -0.25) is 9.36 Å². The molecule has 1 aliphatic rings. The van der Waals surface area contributed by atoms with Crippen molar-refractivity contribution >= 4 is 17.7 Å². The summed E-state index contributed by atoms with van der Waals surface area (Å²) in [6.07, 6.45) is 3.90. The summed E-state index contributed by atoms with van der Waals surface area (Å²) in [6.45, 7) is 1.90. The lowest BCUT2D eigenvalue weighted by Gasteiger charge is -2.12. The standard InChI is InChI=1S/C19H20N4O2S/c1-13(16-8-5-11-25-16)20-17(24)12-26-19-22-21-18(14-9-10-14)23(19)15-6-3-2-4-7-15/h2-8,11,13-14H,9-10,12H2,1H3,(H,20,24)/t13-/m1/s1. The van der Waals surface area contributed by atoms with Crippen molar-refractivity contribution < 1.29 is 9.21 Å². The number of para-hydroxylation sites is 1. The molecule has 0 aliphatic heterocycles. The number of amides is 1. The molecule has 1 saturated carbocycles. The van der Waals surface area contributed by atoms with Crippen molar-refractivity contribution in [2.45, 2.75) is 36.9 Å². The fourth-order valence-electron chi connectivity index (χ4n) is 2.82. The molecule has 1 fully saturated rings. The van der Waals surface area contributed by atoms with Crippen LogP contribution in [0.4, 0.5) is 0 Å². The van der Waals surface area contributed by atoms with Gasteiger partial charge in [0.1, 0.15) is 11.6 Å². The minimum absolute atomic E-state index is 0.0607. The minimum atomic E-state index is -0.160. The first-order chi connectivity index (χ1) is 12.7. The number of thioether (sulfide) groups is 1. The van der Waals surface area contributed by atoms with Crippen LogP contribution in [0.1, 0.15) is 43.3 Å². The number of furan rings is 1. The van der Waals surface area contributed by atoms with Gasteiger partial charge < -0.3 is 9.73 Å². The van der Waals surface area contributed by atoms with Crippen LogP contribution in [0, 0.1) is 0 Å². The maximum Gasteiger partial charge on any atom is 0.231 e. The Balaban J connectivity index is 1.46. The predicted octanol–water partition coefficient (Wildman–Crippen LogP) is 3.71. The Bertz CT molecular complexity index is 872. The molecule has 134 valence electrons. The third kappa shape index (κ3) is 3.67. The zero-order valence-corrected chi connectivity index (χ0v) is 15.3. The average Bonchev–Trinajstić information content (AvgIpc) is 3.19. The molecule has 2 aromatic heterocycles. The fourth-order valence-corrected chi connectivity index (χ4v) is 3.59. The number of nitrogens with zero attached hydrogens (tertiary/aromatic N) is 3. The molecular formula is C19H20N4O2S. The van der Waals surface area contributed by atoms with Crippen LogP contribution < -0.4 is 5.32 Å². The molecule has 6 nitrogen and oxygen atoms in total. The van der Waals surface area contributed by atoms with Gasteiger partial charge in [-0.05, 0) is 44.0 Å². The molecule has 0 radical (unpaired) electrons. The van der Waals surface area contributed by atoms with E-state index in [4.69, 9.17) is 4.42 Å². The van der Waals surface area contributed by atoms with Crippen LogP contribution in [0.15, 0.2) is 58.3 Å². The van der Waals surface area contributed by atoms with E-state index in [0.717, 1.165) is 35.3 Å². The summed E-state index contributed by atoms with van der Waals surface area (Å²) in [5, 5.41) is 12.4. The quantitative estimate of drug-likeness (QED) is 0.644. The highest BCUT2D eigenvalue weighted by atomic mass is 32.2. The number of nitrogens with one attached hydrogen (secondary N) is 1. The second kappa shape index (κ2) is 7.37. The molecule has 1 atom stereocenters. The van der Waals surface area contributed by atoms with Gasteiger partial charge in [0.15, 0.2) is 5.16 Å². The summed E-state index contributed by atoms with van der Waals surface area (Å²) in [5.41, 5.74) is 1.03. The van der Waals surface area contributed by atoms with Crippen molar-refractivity contribution in [2.75, 3.05) is 5.75 Å².